The van der Waals surface area contributed by atoms with E-state index in [1.54, 1.807) is 0 Å². The molecule has 0 spiro atoms. The Labute approximate surface area is 155 Å². The normalized spacial score (nSPS) is 27.5. The van der Waals surface area contributed by atoms with Gasteiger partial charge >= 0.3 is 0 Å². The lowest BCUT2D eigenvalue weighted by atomic mass is 9.96. The fourth-order valence-corrected chi connectivity index (χ4v) is 3.50. The molecule has 0 bridgehead atoms. The van der Waals surface area contributed by atoms with E-state index >= 15 is 0 Å². The predicted molar refractivity (Wildman–Crippen MR) is 107 cm³/mol. The summed E-state index contributed by atoms with van der Waals surface area (Å²) in [5.41, 5.74) is 5.11. The third-order valence-corrected chi connectivity index (χ3v) is 5.02. The predicted octanol–water partition coefficient (Wildman–Crippen LogP) is 1.37. The van der Waals surface area contributed by atoms with Gasteiger partial charge in [-0.25, -0.2) is 0 Å². The number of nitrogens with one attached hydrogen (secondary N) is 4. The van der Waals surface area contributed by atoms with Gasteiger partial charge in [-0.05, 0) is 25.0 Å². The van der Waals surface area contributed by atoms with Crippen LogP contribution in [0.3, 0.4) is 0 Å². The molecule has 2 heterocycles. The van der Waals surface area contributed by atoms with Crippen molar-refractivity contribution in [2.24, 2.45) is 9.98 Å². The molecule has 0 saturated carbocycles. The highest BCUT2D eigenvalue weighted by atomic mass is 15.3. The number of aliphatic imine (C=N–C) groups is 2. The van der Waals surface area contributed by atoms with Crippen LogP contribution in [0.4, 0.5) is 0 Å². The minimum Gasteiger partial charge on any atom is -0.282 e. The Morgan fingerprint density at radius 1 is 0.654 bits per heavy atom. The first kappa shape index (κ1) is 17.5. The number of nitrogens with zero attached hydrogens (tertiary/aromatic N) is 2. The molecule has 6 nitrogen and oxygen atoms in total. The van der Waals surface area contributed by atoms with E-state index in [0.29, 0.717) is 0 Å². The number of hydrogen-bond acceptors (Lipinski definition) is 6. The molecule has 138 valence electrons. The molecule has 2 aliphatic carbocycles. The summed E-state index contributed by atoms with van der Waals surface area (Å²) < 4.78 is 0. The first-order valence-corrected chi connectivity index (χ1v) is 9.66. The zero-order valence-corrected chi connectivity index (χ0v) is 15.2. The van der Waals surface area contributed by atoms with E-state index in [1.165, 1.54) is 11.1 Å². The molecule has 2 aliphatic heterocycles. The highest BCUT2D eigenvalue weighted by Crippen LogP contribution is 2.20. The van der Waals surface area contributed by atoms with Crippen LogP contribution < -0.4 is 21.3 Å². The average molecular weight is 352 g/mol. The molecule has 2 saturated heterocycles. The number of hydrogen-bond donors (Lipinski definition) is 4. The molecule has 0 atom stereocenters. The molecule has 0 radical (unpaired) electrons. The Morgan fingerprint density at radius 3 is 1.42 bits per heavy atom. The second-order valence-electron chi connectivity index (χ2n) is 7.00. The smallest absolute Gasteiger partial charge is 0.153 e. The van der Waals surface area contributed by atoms with Crippen LogP contribution >= 0.6 is 0 Å². The summed E-state index contributed by atoms with van der Waals surface area (Å²) in [6.07, 6.45) is 17.6. The highest BCUT2D eigenvalue weighted by Gasteiger charge is 2.13. The van der Waals surface area contributed by atoms with Crippen LogP contribution in [0, 0.1) is 0 Å². The van der Waals surface area contributed by atoms with Gasteiger partial charge in [0.1, 0.15) is 0 Å². The van der Waals surface area contributed by atoms with Crippen LogP contribution in [0.5, 0.6) is 0 Å². The van der Waals surface area contributed by atoms with Crippen molar-refractivity contribution < 1.29 is 0 Å². The van der Waals surface area contributed by atoms with Gasteiger partial charge in [0.15, 0.2) is 12.6 Å². The monoisotopic (exact) mass is 352 g/mol. The molecule has 0 unspecified atom stereocenters. The van der Waals surface area contributed by atoms with Gasteiger partial charge in [-0.1, -0.05) is 35.5 Å². The minimum atomic E-state index is 0.0904. The van der Waals surface area contributed by atoms with Gasteiger partial charge < -0.3 is 0 Å². The maximum atomic E-state index is 4.69. The van der Waals surface area contributed by atoms with Crippen LogP contribution in [-0.2, 0) is 0 Å². The zero-order valence-electron chi connectivity index (χ0n) is 15.2. The lowest BCUT2D eigenvalue weighted by Gasteiger charge is -2.14. The van der Waals surface area contributed by atoms with Crippen molar-refractivity contribution in [1.82, 2.24) is 21.3 Å². The molecule has 0 aromatic heterocycles. The third kappa shape index (κ3) is 4.86. The summed E-state index contributed by atoms with van der Waals surface area (Å²) in [4.78, 5) is 9.37. The molecule has 0 amide bonds. The van der Waals surface area contributed by atoms with Gasteiger partial charge in [-0.3, -0.25) is 31.3 Å². The lowest BCUT2D eigenvalue weighted by Crippen LogP contribution is -2.29. The van der Waals surface area contributed by atoms with Gasteiger partial charge in [0.05, 0.1) is 0 Å². The summed E-state index contributed by atoms with van der Waals surface area (Å²) >= 11 is 0. The van der Waals surface area contributed by atoms with Crippen molar-refractivity contribution in [2.75, 3.05) is 26.2 Å². The lowest BCUT2D eigenvalue weighted by molar-refractivity contribution is 0.580. The van der Waals surface area contributed by atoms with Crippen LogP contribution in [0.1, 0.15) is 25.7 Å². The molecule has 6 heteroatoms. The molecule has 4 N–H and O–H groups in total. The largest absolute Gasteiger partial charge is 0.282 e. The number of rotatable bonds is 5. The molecule has 0 aromatic carbocycles. The fraction of sp³-hybridized carbons (Fsp3) is 0.500. The molecule has 2 fully saturated rings. The van der Waals surface area contributed by atoms with Gasteiger partial charge in [-0.15, -0.1) is 0 Å². The molecule has 0 aromatic rings. The van der Waals surface area contributed by atoms with E-state index < -0.39 is 0 Å². The second kappa shape index (κ2) is 8.68. The number of allylic oxidation sites excluding steroid dienone is 8. The van der Waals surface area contributed by atoms with Crippen molar-refractivity contribution in [3.63, 3.8) is 0 Å². The SMILES string of the molecule is C1=C/C(=N/C2NCCN2)CC=C1CCC1=CC/C(=N\C2NCCN2)C=C1. The summed E-state index contributed by atoms with van der Waals surface area (Å²) in [5.74, 6) is 0. The Morgan fingerprint density at radius 2 is 1.08 bits per heavy atom. The van der Waals surface area contributed by atoms with Crippen LogP contribution in [-0.4, -0.2) is 50.2 Å². The maximum Gasteiger partial charge on any atom is 0.153 e. The second-order valence-corrected chi connectivity index (χ2v) is 7.00. The third-order valence-electron chi connectivity index (χ3n) is 5.02. The average Bonchev–Trinajstić information content (AvgIpc) is 3.37. The molecule has 4 rings (SSSR count). The summed E-state index contributed by atoms with van der Waals surface area (Å²) in [6, 6.07) is 0. The topological polar surface area (TPSA) is 72.8 Å². The Hall–Kier alpha value is -1.86. The minimum absolute atomic E-state index is 0.0904. The van der Waals surface area contributed by atoms with Crippen molar-refractivity contribution >= 4 is 11.4 Å². The molecular formula is C20H28N6. The Kier molecular flexibility index (Phi) is 5.86. The maximum absolute atomic E-state index is 4.69. The van der Waals surface area contributed by atoms with Crippen LogP contribution in [0.25, 0.3) is 0 Å². The van der Waals surface area contributed by atoms with Gasteiger partial charge in [0.2, 0.25) is 0 Å². The highest BCUT2D eigenvalue weighted by molar-refractivity contribution is 5.98. The first-order valence-electron chi connectivity index (χ1n) is 9.66. The van der Waals surface area contributed by atoms with Crippen molar-refractivity contribution in [3.8, 4) is 0 Å². The molecule has 26 heavy (non-hydrogen) atoms. The van der Waals surface area contributed by atoms with Gasteiger partial charge in [0.25, 0.3) is 0 Å². The van der Waals surface area contributed by atoms with E-state index in [2.05, 4.69) is 67.7 Å². The van der Waals surface area contributed by atoms with E-state index in [0.717, 1.165) is 63.3 Å². The summed E-state index contributed by atoms with van der Waals surface area (Å²) in [6.45, 7) is 3.98. The summed E-state index contributed by atoms with van der Waals surface area (Å²) in [7, 11) is 0. The standard InChI is InChI=1S/C20H28N6/c1(15-3-7-17(8-4-15)25-19-21-11-12-22-19)2-16-5-9-18(10-6-16)26-20-23-13-14-24-20/h3-7,9,19-24H,1-2,8,10-14H2/b25-17-,26-18-. The first-order chi connectivity index (χ1) is 12.8. The quantitative estimate of drug-likeness (QED) is 0.603. The van der Waals surface area contributed by atoms with Crippen LogP contribution in [0.2, 0.25) is 0 Å². The van der Waals surface area contributed by atoms with E-state index in [9.17, 15) is 0 Å². The molecular weight excluding hydrogens is 324 g/mol. The van der Waals surface area contributed by atoms with E-state index in [4.69, 9.17) is 0 Å². The molecule has 4 aliphatic rings. The van der Waals surface area contributed by atoms with E-state index in [-0.39, 0.29) is 12.6 Å². The van der Waals surface area contributed by atoms with Crippen molar-refractivity contribution in [1.29, 1.82) is 0 Å². The van der Waals surface area contributed by atoms with Gasteiger partial charge in [-0.2, -0.15) is 0 Å². The van der Waals surface area contributed by atoms with Crippen LogP contribution in [0.15, 0.2) is 57.6 Å². The zero-order chi connectivity index (χ0) is 17.6. The Balaban J connectivity index is 1.23. The van der Waals surface area contributed by atoms with Gasteiger partial charge in [0, 0.05) is 50.4 Å². The van der Waals surface area contributed by atoms with Crippen molar-refractivity contribution in [3.05, 3.63) is 47.6 Å². The Bertz CT molecular complexity index is 625. The fourth-order valence-electron chi connectivity index (χ4n) is 3.50. The summed E-state index contributed by atoms with van der Waals surface area (Å²) in [5, 5.41) is 13.3. The van der Waals surface area contributed by atoms with E-state index in [1.807, 2.05) is 0 Å². The van der Waals surface area contributed by atoms with Crippen molar-refractivity contribution in [2.45, 2.75) is 38.3 Å².